The third kappa shape index (κ3) is 4.74. The van der Waals surface area contributed by atoms with Gasteiger partial charge >= 0.3 is 0 Å². The van der Waals surface area contributed by atoms with Crippen LogP contribution in [0.15, 0.2) is 40.9 Å². The van der Waals surface area contributed by atoms with Crippen molar-refractivity contribution in [2.45, 2.75) is 52.7 Å². The molecule has 0 saturated heterocycles. The minimum atomic E-state index is 0.195. The fourth-order valence-electron chi connectivity index (χ4n) is 2.77. The van der Waals surface area contributed by atoms with Crippen LogP contribution in [0.25, 0.3) is 0 Å². The van der Waals surface area contributed by atoms with Crippen LogP contribution in [0.1, 0.15) is 40.5 Å². The van der Waals surface area contributed by atoms with Crippen molar-refractivity contribution in [1.29, 1.82) is 0 Å². The zero-order chi connectivity index (χ0) is 15.2. The SMILES string of the molecule is CC1=CC(NCC/C=C\N2C(C)=CC(C)=N[C@H]2C)CCO1. The van der Waals surface area contributed by atoms with Gasteiger partial charge in [0.15, 0.2) is 0 Å². The molecule has 4 nitrogen and oxygen atoms in total. The van der Waals surface area contributed by atoms with Crippen molar-refractivity contribution in [2.24, 2.45) is 4.99 Å². The summed E-state index contributed by atoms with van der Waals surface area (Å²) in [5, 5.41) is 3.55. The summed E-state index contributed by atoms with van der Waals surface area (Å²) in [6.07, 6.45) is 10.9. The lowest BCUT2D eigenvalue weighted by Gasteiger charge is -2.29. The summed E-state index contributed by atoms with van der Waals surface area (Å²) in [6, 6.07) is 0.454. The number of rotatable bonds is 5. The maximum absolute atomic E-state index is 5.43. The minimum absolute atomic E-state index is 0.195. The zero-order valence-electron chi connectivity index (χ0n) is 13.6. The van der Waals surface area contributed by atoms with Crippen LogP contribution in [-0.4, -0.2) is 36.0 Å². The predicted molar refractivity (Wildman–Crippen MR) is 88.0 cm³/mol. The lowest BCUT2D eigenvalue weighted by Crippen LogP contribution is -2.32. The molecule has 0 aliphatic carbocycles. The van der Waals surface area contributed by atoms with E-state index in [0.717, 1.165) is 37.5 Å². The molecule has 0 amide bonds. The Morgan fingerprint density at radius 3 is 2.95 bits per heavy atom. The zero-order valence-corrected chi connectivity index (χ0v) is 13.6. The number of hydrogen-bond acceptors (Lipinski definition) is 4. The van der Waals surface area contributed by atoms with Gasteiger partial charge in [-0.25, -0.2) is 0 Å². The average Bonchev–Trinajstić information content (AvgIpc) is 2.41. The lowest BCUT2D eigenvalue weighted by atomic mass is 10.1. The summed E-state index contributed by atoms with van der Waals surface area (Å²) in [4.78, 5) is 6.79. The van der Waals surface area contributed by atoms with Gasteiger partial charge in [0.25, 0.3) is 0 Å². The second-order valence-corrected chi connectivity index (χ2v) is 5.74. The Kier molecular flexibility index (Phi) is 5.62. The van der Waals surface area contributed by atoms with E-state index in [1.54, 1.807) is 0 Å². The van der Waals surface area contributed by atoms with E-state index in [2.05, 4.69) is 53.5 Å². The second kappa shape index (κ2) is 7.46. The Balaban J connectivity index is 1.73. The molecule has 2 aliphatic heterocycles. The number of nitrogens with zero attached hydrogens (tertiary/aromatic N) is 2. The van der Waals surface area contributed by atoms with E-state index in [1.165, 1.54) is 5.70 Å². The van der Waals surface area contributed by atoms with Crippen LogP contribution in [0.4, 0.5) is 0 Å². The third-order valence-electron chi connectivity index (χ3n) is 3.80. The average molecular weight is 289 g/mol. The number of nitrogens with one attached hydrogen (secondary N) is 1. The number of aliphatic imine (C=N–C) groups is 1. The van der Waals surface area contributed by atoms with Gasteiger partial charge in [0.1, 0.15) is 6.17 Å². The molecule has 0 aromatic heterocycles. The molecule has 0 spiro atoms. The minimum Gasteiger partial charge on any atom is -0.498 e. The molecule has 0 aromatic carbocycles. The molecule has 21 heavy (non-hydrogen) atoms. The molecule has 0 saturated carbocycles. The van der Waals surface area contributed by atoms with Crippen molar-refractivity contribution in [1.82, 2.24) is 10.2 Å². The predicted octanol–water partition coefficient (Wildman–Crippen LogP) is 3.20. The summed E-state index contributed by atoms with van der Waals surface area (Å²) in [5.41, 5.74) is 2.36. The molecule has 116 valence electrons. The van der Waals surface area contributed by atoms with Crippen molar-refractivity contribution < 1.29 is 4.74 Å². The maximum Gasteiger partial charge on any atom is 0.122 e. The van der Waals surface area contributed by atoms with E-state index in [1.807, 2.05) is 13.8 Å². The Morgan fingerprint density at radius 1 is 1.43 bits per heavy atom. The molecule has 2 heterocycles. The first-order chi connectivity index (χ1) is 10.1. The van der Waals surface area contributed by atoms with Crippen LogP contribution in [0.5, 0.6) is 0 Å². The Morgan fingerprint density at radius 2 is 2.24 bits per heavy atom. The molecule has 0 aromatic rings. The third-order valence-corrected chi connectivity index (χ3v) is 3.80. The fourth-order valence-corrected chi connectivity index (χ4v) is 2.77. The molecular formula is C17H27N3O. The summed E-state index contributed by atoms with van der Waals surface area (Å²) >= 11 is 0. The first-order valence-corrected chi connectivity index (χ1v) is 7.78. The van der Waals surface area contributed by atoms with Crippen molar-refractivity contribution in [3.63, 3.8) is 0 Å². The molecule has 1 N–H and O–H groups in total. The monoisotopic (exact) mass is 289 g/mol. The topological polar surface area (TPSA) is 36.9 Å². The van der Waals surface area contributed by atoms with E-state index in [0.29, 0.717) is 6.04 Å². The lowest BCUT2D eigenvalue weighted by molar-refractivity contribution is 0.182. The van der Waals surface area contributed by atoms with Crippen molar-refractivity contribution in [3.05, 3.63) is 35.9 Å². The fraction of sp³-hybridized carbons (Fsp3) is 0.588. The van der Waals surface area contributed by atoms with Crippen LogP contribution >= 0.6 is 0 Å². The van der Waals surface area contributed by atoms with Gasteiger partial charge in [0, 0.05) is 30.1 Å². The van der Waals surface area contributed by atoms with E-state index in [-0.39, 0.29) is 6.17 Å². The summed E-state index contributed by atoms with van der Waals surface area (Å²) in [6.45, 7) is 10.1. The van der Waals surface area contributed by atoms with Gasteiger partial charge in [-0.3, -0.25) is 4.99 Å². The first kappa shape index (κ1) is 15.8. The maximum atomic E-state index is 5.43. The van der Waals surface area contributed by atoms with E-state index < -0.39 is 0 Å². The van der Waals surface area contributed by atoms with Gasteiger partial charge in [-0.05, 0) is 52.8 Å². The van der Waals surface area contributed by atoms with Crippen LogP contribution in [0.2, 0.25) is 0 Å². The molecule has 1 unspecified atom stereocenters. The number of ether oxygens (including phenoxy) is 1. The van der Waals surface area contributed by atoms with Gasteiger partial charge in [-0.1, -0.05) is 6.08 Å². The Hall–Kier alpha value is -1.55. The highest BCUT2D eigenvalue weighted by Gasteiger charge is 2.14. The largest absolute Gasteiger partial charge is 0.498 e. The Labute approximate surface area is 128 Å². The highest BCUT2D eigenvalue weighted by Crippen LogP contribution is 2.16. The highest BCUT2D eigenvalue weighted by atomic mass is 16.5. The van der Waals surface area contributed by atoms with Crippen LogP contribution < -0.4 is 5.32 Å². The van der Waals surface area contributed by atoms with Gasteiger partial charge in [-0.15, -0.1) is 0 Å². The first-order valence-electron chi connectivity index (χ1n) is 7.78. The van der Waals surface area contributed by atoms with Crippen LogP contribution in [0.3, 0.4) is 0 Å². The number of allylic oxidation sites excluding steroid dienone is 3. The highest BCUT2D eigenvalue weighted by molar-refractivity contribution is 5.94. The molecule has 0 fully saturated rings. The summed E-state index contributed by atoms with van der Waals surface area (Å²) in [5.74, 6) is 1.03. The summed E-state index contributed by atoms with van der Waals surface area (Å²) in [7, 11) is 0. The Bertz CT molecular complexity index is 476. The molecule has 2 aliphatic rings. The van der Waals surface area contributed by atoms with Crippen molar-refractivity contribution in [2.75, 3.05) is 13.2 Å². The van der Waals surface area contributed by atoms with Crippen molar-refractivity contribution >= 4 is 5.71 Å². The number of hydrogen-bond donors (Lipinski definition) is 1. The quantitative estimate of drug-likeness (QED) is 0.790. The molecule has 0 bridgehead atoms. The molecule has 2 atom stereocenters. The van der Waals surface area contributed by atoms with Crippen LogP contribution in [-0.2, 0) is 4.74 Å². The molecule has 0 radical (unpaired) electrons. The molecule has 4 heteroatoms. The van der Waals surface area contributed by atoms with E-state index in [4.69, 9.17) is 4.74 Å². The summed E-state index contributed by atoms with van der Waals surface area (Å²) < 4.78 is 5.43. The van der Waals surface area contributed by atoms with Gasteiger partial charge in [0.05, 0.1) is 12.4 Å². The second-order valence-electron chi connectivity index (χ2n) is 5.74. The normalized spacial score (nSPS) is 26.3. The van der Waals surface area contributed by atoms with Gasteiger partial charge in [-0.2, -0.15) is 0 Å². The molecular weight excluding hydrogens is 262 g/mol. The van der Waals surface area contributed by atoms with E-state index in [9.17, 15) is 0 Å². The van der Waals surface area contributed by atoms with E-state index >= 15 is 0 Å². The van der Waals surface area contributed by atoms with Crippen LogP contribution in [0, 0.1) is 0 Å². The van der Waals surface area contributed by atoms with Gasteiger partial charge in [0.2, 0.25) is 0 Å². The standard InChI is InChI=1S/C17H27N3O/c1-13-11-14(2)20(16(4)19-13)9-6-5-8-18-17-7-10-21-15(3)12-17/h6,9,11-12,16-18H,5,7-8,10H2,1-4H3/b9-6-/t16-,17?/m1/s1. The van der Waals surface area contributed by atoms with Crippen molar-refractivity contribution in [3.8, 4) is 0 Å². The molecule has 2 rings (SSSR count). The smallest absolute Gasteiger partial charge is 0.122 e. The van der Waals surface area contributed by atoms with Gasteiger partial charge < -0.3 is 15.0 Å².